The fourth-order valence-electron chi connectivity index (χ4n) is 2.80. The van der Waals surface area contributed by atoms with Gasteiger partial charge in [-0.25, -0.2) is 10.8 Å². The van der Waals surface area contributed by atoms with Gasteiger partial charge in [0.15, 0.2) is 0 Å². The van der Waals surface area contributed by atoms with Crippen LogP contribution in [0.4, 0.5) is 17.3 Å². The number of pyridine rings is 1. The molecule has 7 nitrogen and oxygen atoms in total. The minimum Gasteiger partial charge on any atom is -0.356 e. The van der Waals surface area contributed by atoms with Gasteiger partial charge in [0.2, 0.25) is 0 Å². The molecule has 1 fully saturated rings. The Morgan fingerprint density at radius 1 is 1.50 bits per heavy atom. The Morgan fingerprint density at radius 2 is 2.20 bits per heavy atom. The standard InChI is InChI=1S/C13H21N5O2/c1-3-13(4-2)5-6-17(9-13)12-8-10(18(19)20)7-11(15-12)16-14/h7-8H,3-6,9,14H2,1-2H3,(H,15,16). The third-order valence-electron chi connectivity index (χ3n) is 4.42. The van der Waals surface area contributed by atoms with Crippen LogP contribution < -0.4 is 16.2 Å². The Morgan fingerprint density at radius 3 is 2.70 bits per heavy atom. The molecule has 110 valence electrons. The van der Waals surface area contributed by atoms with E-state index in [9.17, 15) is 10.1 Å². The number of nitrogens with two attached hydrogens (primary N) is 1. The van der Waals surface area contributed by atoms with Crippen LogP contribution in [0.1, 0.15) is 33.1 Å². The highest BCUT2D eigenvalue weighted by Crippen LogP contribution is 2.39. The number of hydrazine groups is 1. The van der Waals surface area contributed by atoms with Gasteiger partial charge in [-0.3, -0.25) is 10.1 Å². The summed E-state index contributed by atoms with van der Waals surface area (Å²) in [5, 5.41) is 11.0. The topological polar surface area (TPSA) is 97.3 Å². The summed E-state index contributed by atoms with van der Waals surface area (Å²) in [6.07, 6.45) is 3.31. The van der Waals surface area contributed by atoms with Gasteiger partial charge < -0.3 is 10.3 Å². The second-order valence-electron chi connectivity index (χ2n) is 5.35. The summed E-state index contributed by atoms with van der Waals surface area (Å²) in [7, 11) is 0. The molecule has 0 spiro atoms. The molecule has 0 amide bonds. The van der Waals surface area contributed by atoms with Crippen molar-refractivity contribution in [3.8, 4) is 0 Å². The third-order valence-corrected chi connectivity index (χ3v) is 4.42. The number of hydrogen-bond acceptors (Lipinski definition) is 6. The summed E-state index contributed by atoms with van der Waals surface area (Å²) in [6, 6.07) is 2.86. The Kier molecular flexibility index (Phi) is 4.08. The highest BCUT2D eigenvalue weighted by molar-refractivity contribution is 5.56. The molecule has 1 aromatic heterocycles. The Balaban J connectivity index is 2.29. The number of anilines is 2. The second-order valence-corrected chi connectivity index (χ2v) is 5.35. The predicted molar refractivity (Wildman–Crippen MR) is 78.5 cm³/mol. The molecule has 0 bridgehead atoms. The molecular weight excluding hydrogens is 258 g/mol. The zero-order valence-corrected chi connectivity index (χ0v) is 11.9. The van der Waals surface area contributed by atoms with Gasteiger partial charge in [0.25, 0.3) is 5.69 Å². The summed E-state index contributed by atoms with van der Waals surface area (Å²) in [5.74, 6) is 6.28. The number of nitrogens with one attached hydrogen (secondary N) is 1. The SMILES string of the molecule is CCC1(CC)CCN(c2cc([N+](=O)[O-])cc(NN)n2)C1. The summed E-state index contributed by atoms with van der Waals surface area (Å²) in [6.45, 7) is 6.15. The van der Waals surface area contributed by atoms with Crippen molar-refractivity contribution < 1.29 is 4.92 Å². The van der Waals surface area contributed by atoms with Gasteiger partial charge in [-0.2, -0.15) is 0 Å². The van der Waals surface area contributed by atoms with Gasteiger partial charge in [-0.1, -0.05) is 13.8 Å². The first kappa shape index (κ1) is 14.5. The van der Waals surface area contributed by atoms with E-state index in [-0.39, 0.29) is 5.69 Å². The van der Waals surface area contributed by atoms with E-state index in [2.05, 4.69) is 29.2 Å². The van der Waals surface area contributed by atoms with E-state index in [1.54, 1.807) is 0 Å². The van der Waals surface area contributed by atoms with Gasteiger partial charge in [0.05, 0.1) is 17.1 Å². The van der Waals surface area contributed by atoms with Crippen LogP contribution in [0, 0.1) is 15.5 Å². The quantitative estimate of drug-likeness (QED) is 0.487. The van der Waals surface area contributed by atoms with E-state index in [0.29, 0.717) is 17.1 Å². The molecule has 3 N–H and O–H groups in total. The molecular formula is C13H21N5O2. The van der Waals surface area contributed by atoms with Crippen molar-refractivity contribution in [3.05, 3.63) is 22.2 Å². The van der Waals surface area contributed by atoms with Gasteiger partial charge >= 0.3 is 0 Å². The van der Waals surface area contributed by atoms with Crippen LogP contribution in [-0.2, 0) is 0 Å². The number of nitrogens with zero attached hydrogens (tertiary/aromatic N) is 3. The normalized spacial score (nSPS) is 17.2. The van der Waals surface area contributed by atoms with Crippen molar-refractivity contribution in [2.45, 2.75) is 33.1 Å². The lowest BCUT2D eigenvalue weighted by Gasteiger charge is -2.26. The fourth-order valence-corrected chi connectivity index (χ4v) is 2.80. The monoisotopic (exact) mass is 279 g/mol. The zero-order chi connectivity index (χ0) is 14.8. The molecule has 2 rings (SSSR count). The Labute approximate surface area is 118 Å². The lowest BCUT2D eigenvalue weighted by molar-refractivity contribution is -0.384. The van der Waals surface area contributed by atoms with Crippen molar-refractivity contribution in [1.82, 2.24) is 4.98 Å². The molecule has 1 saturated heterocycles. The molecule has 1 aromatic rings. The van der Waals surface area contributed by atoms with Gasteiger partial charge in [0, 0.05) is 13.1 Å². The van der Waals surface area contributed by atoms with E-state index in [4.69, 9.17) is 5.84 Å². The van der Waals surface area contributed by atoms with Gasteiger partial charge in [-0.05, 0) is 24.7 Å². The minimum absolute atomic E-state index is 0.00782. The first-order valence-electron chi connectivity index (χ1n) is 6.91. The van der Waals surface area contributed by atoms with Crippen LogP contribution in [0.2, 0.25) is 0 Å². The lowest BCUT2D eigenvalue weighted by atomic mass is 9.82. The molecule has 1 aliphatic heterocycles. The molecule has 0 atom stereocenters. The van der Waals surface area contributed by atoms with Crippen LogP contribution in [-0.4, -0.2) is 23.0 Å². The first-order valence-corrected chi connectivity index (χ1v) is 6.91. The van der Waals surface area contributed by atoms with Gasteiger partial charge in [-0.15, -0.1) is 0 Å². The summed E-state index contributed by atoms with van der Waals surface area (Å²) >= 11 is 0. The summed E-state index contributed by atoms with van der Waals surface area (Å²) < 4.78 is 0. The van der Waals surface area contributed by atoms with Crippen LogP contribution in [0.15, 0.2) is 12.1 Å². The van der Waals surface area contributed by atoms with E-state index in [0.717, 1.165) is 32.4 Å². The maximum atomic E-state index is 11.0. The zero-order valence-electron chi connectivity index (χ0n) is 11.9. The number of nitro groups is 1. The first-order chi connectivity index (χ1) is 9.53. The Bertz CT molecular complexity index is 502. The molecule has 20 heavy (non-hydrogen) atoms. The van der Waals surface area contributed by atoms with Crippen molar-refractivity contribution in [2.24, 2.45) is 11.3 Å². The van der Waals surface area contributed by atoms with Crippen molar-refractivity contribution in [2.75, 3.05) is 23.4 Å². The van der Waals surface area contributed by atoms with E-state index in [1.165, 1.54) is 12.1 Å². The number of nitrogen functional groups attached to an aromatic ring is 1. The predicted octanol–water partition coefficient (Wildman–Crippen LogP) is 2.29. The average Bonchev–Trinajstić information content (AvgIpc) is 2.92. The smallest absolute Gasteiger partial charge is 0.276 e. The highest BCUT2D eigenvalue weighted by atomic mass is 16.6. The summed E-state index contributed by atoms with van der Waals surface area (Å²) in [5.41, 5.74) is 2.69. The molecule has 0 saturated carbocycles. The second kappa shape index (κ2) is 5.62. The molecule has 7 heteroatoms. The average molecular weight is 279 g/mol. The number of hydrogen-bond donors (Lipinski definition) is 2. The van der Waals surface area contributed by atoms with Crippen LogP contribution in [0.25, 0.3) is 0 Å². The lowest BCUT2D eigenvalue weighted by Crippen LogP contribution is -2.27. The third kappa shape index (κ3) is 2.67. The van der Waals surface area contributed by atoms with E-state index >= 15 is 0 Å². The molecule has 0 aliphatic carbocycles. The van der Waals surface area contributed by atoms with Gasteiger partial charge in [0.1, 0.15) is 11.6 Å². The maximum Gasteiger partial charge on any atom is 0.276 e. The molecule has 1 aliphatic rings. The maximum absolute atomic E-state index is 11.0. The van der Waals surface area contributed by atoms with Crippen LogP contribution >= 0.6 is 0 Å². The highest BCUT2D eigenvalue weighted by Gasteiger charge is 2.35. The largest absolute Gasteiger partial charge is 0.356 e. The van der Waals surface area contributed by atoms with Crippen LogP contribution in [0.5, 0.6) is 0 Å². The Hall–Kier alpha value is -1.89. The fraction of sp³-hybridized carbons (Fsp3) is 0.615. The van der Waals surface area contributed by atoms with E-state index < -0.39 is 4.92 Å². The van der Waals surface area contributed by atoms with Crippen LogP contribution in [0.3, 0.4) is 0 Å². The molecule has 2 heterocycles. The number of aromatic nitrogens is 1. The minimum atomic E-state index is -0.422. The number of rotatable bonds is 5. The summed E-state index contributed by atoms with van der Waals surface area (Å²) in [4.78, 5) is 17.0. The van der Waals surface area contributed by atoms with Crippen molar-refractivity contribution in [3.63, 3.8) is 0 Å². The van der Waals surface area contributed by atoms with Crippen molar-refractivity contribution >= 4 is 17.3 Å². The van der Waals surface area contributed by atoms with Crippen molar-refractivity contribution in [1.29, 1.82) is 0 Å². The molecule has 0 aromatic carbocycles. The molecule has 0 unspecified atom stereocenters. The molecule has 0 radical (unpaired) electrons. The van der Waals surface area contributed by atoms with E-state index in [1.807, 2.05) is 0 Å².